The Morgan fingerprint density at radius 3 is 1.00 bits per heavy atom. The second-order valence-electron chi connectivity index (χ2n) is 7.69. The van der Waals surface area contributed by atoms with Gasteiger partial charge in [-0.2, -0.15) is 0 Å². The fourth-order valence-corrected chi connectivity index (χ4v) is 8.63. The van der Waals surface area contributed by atoms with Crippen LogP contribution in [-0.4, -0.2) is 35.8 Å². The monoisotopic (exact) mass is 410 g/mol. The summed E-state index contributed by atoms with van der Waals surface area (Å²) < 4.78 is 38.3. The van der Waals surface area contributed by atoms with Gasteiger partial charge >= 0.3 is 0 Å². The van der Waals surface area contributed by atoms with E-state index in [0.717, 1.165) is 38.5 Å². The molecule has 0 bridgehead atoms. The van der Waals surface area contributed by atoms with Crippen molar-refractivity contribution in [2.45, 2.75) is 117 Å². The van der Waals surface area contributed by atoms with Crippen molar-refractivity contribution in [3.05, 3.63) is 0 Å². The van der Waals surface area contributed by atoms with E-state index in [2.05, 4.69) is 27.7 Å². The molecule has 4 atom stereocenters. The van der Waals surface area contributed by atoms with Gasteiger partial charge in [-0.3, -0.25) is 9.13 Å². The molecule has 4 unspecified atom stereocenters. The van der Waals surface area contributed by atoms with Crippen molar-refractivity contribution in [1.82, 2.24) is 0 Å². The van der Waals surface area contributed by atoms with Crippen LogP contribution in [0.5, 0.6) is 0 Å². The van der Waals surface area contributed by atoms with E-state index in [1.54, 1.807) is 0 Å². The number of unbranched alkanes of at least 4 members (excludes halogenated alkanes) is 1. The van der Waals surface area contributed by atoms with Gasteiger partial charge in [-0.1, -0.05) is 55.4 Å². The largest absolute Gasteiger partial charge is 0.328 e. The van der Waals surface area contributed by atoms with E-state index in [1.807, 2.05) is 27.7 Å². The standard InChI is InChI=1S/C20H44O4P2/c1-9-17(5)25(21,18(6)10-2)23-15-13-14-16-24-26(22,19(7)11-3)20(8)12-4/h17-20H,9-16H2,1-8H3. The molecule has 4 nitrogen and oxygen atoms in total. The summed E-state index contributed by atoms with van der Waals surface area (Å²) in [5.41, 5.74) is 0.406. The van der Waals surface area contributed by atoms with E-state index in [-0.39, 0.29) is 22.6 Å². The molecule has 0 aliphatic carbocycles. The van der Waals surface area contributed by atoms with Crippen LogP contribution in [0, 0.1) is 0 Å². The van der Waals surface area contributed by atoms with Crippen molar-refractivity contribution < 1.29 is 18.2 Å². The van der Waals surface area contributed by atoms with Crippen molar-refractivity contribution in [2.75, 3.05) is 13.2 Å². The molecule has 0 N–H and O–H groups in total. The Morgan fingerprint density at radius 2 is 0.808 bits per heavy atom. The van der Waals surface area contributed by atoms with E-state index < -0.39 is 14.7 Å². The van der Waals surface area contributed by atoms with Gasteiger partial charge in [0.15, 0.2) is 0 Å². The SMILES string of the molecule is CCC(C)P(=O)(OCCCCOP(=O)(C(C)CC)C(C)CC)C(C)CC. The van der Waals surface area contributed by atoms with Gasteiger partial charge in [-0.15, -0.1) is 0 Å². The molecule has 0 aliphatic heterocycles. The average molecular weight is 411 g/mol. The van der Waals surface area contributed by atoms with Crippen LogP contribution in [-0.2, 0) is 18.2 Å². The van der Waals surface area contributed by atoms with Crippen LogP contribution >= 0.6 is 14.7 Å². The quantitative estimate of drug-likeness (QED) is 0.207. The Labute approximate surface area is 163 Å². The summed E-state index contributed by atoms with van der Waals surface area (Å²) in [6, 6.07) is 0. The van der Waals surface area contributed by atoms with Gasteiger partial charge in [0.25, 0.3) is 0 Å². The molecule has 0 saturated carbocycles. The molecule has 158 valence electrons. The predicted octanol–water partition coefficient (Wildman–Crippen LogP) is 7.55. The molecule has 6 heteroatoms. The summed E-state index contributed by atoms with van der Waals surface area (Å²) in [4.78, 5) is 0. The molecule has 0 rings (SSSR count). The second kappa shape index (κ2) is 12.8. The molecular formula is C20H44O4P2. The average Bonchev–Trinajstić information content (AvgIpc) is 2.66. The van der Waals surface area contributed by atoms with Crippen LogP contribution in [0.2, 0.25) is 0 Å². The minimum atomic E-state index is -2.62. The molecule has 0 aliphatic rings. The minimum Gasteiger partial charge on any atom is -0.328 e. The van der Waals surface area contributed by atoms with Crippen LogP contribution in [0.15, 0.2) is 0 Å². The molecule has 0 radical (unpaired) electrons. The third kappa shape index (κ3) is 7.08. The zero-order chi connectivity index (χ0) is 20.4. The van der Waals surface area contributed by atoms with Crippen LogP contribution in [0.1, 0.15) is 93.9 Å². The van der Waals surface area contributed by atoms with Gasteiger partial charge in [0.1, 0.15) is 0 Å². The maximum atomic E-state index is 13.2. The first-order valence-electron chi connectivity index (χ1n) is 10.6. The number of rotatable bonds is 15. The number of hydrogen-bond acceptors (Lipinski definition) is 4. The highest BCUT2D eigenvalue weighted by molar-refractivity contribution is 7.60. The van der Waals surface area contributed by atoms with Crippen LogP contribution in [0.4, 0.5) is 0 Å². The summed E-state index contributed by atoms with van der Waals surface area (Å²) in [6.45, 7) is 17.4. The fraction of sp³-hybridized carbons (Fsp3) is 1.00. The Balaban J connectivity index is 4.52. The molecule has 0 aromatic rings. The highest BCUT2D eigenvalue weighted by Crippen LogP contribution is 2.59. The summed E-state index contributed by atoms with van der Waals surface area (Å²) in [6.07, 6.45) is 5.07. The molecule has 26 heavy (non-hydrogen) atoms. The third-order valence-corrected chi connectivity index (χ3v) is 13.5. The Morgan fingerprint density at radius 1 is 0.577 bits per heavy atom. The highest BCUT2D eigenvalue weighted by Gasteiger charge is 2.36. The molecule has 0 heterocycles. The third-order valence-electron chi connectivity index (χ3n) is 5.95. The molecule has 0 fully saturated rings. The summed E-state index contributed by atoms with van der Waals surface area (Å²) in [7, 11) is -5.24. The van der Waals surface area contributed by atoms with E-state index in [0.29, 0.717) is 13.2 Å². The van der Waals surface area contributed by atoms with Crippen molar-refractivity contribution >= 4 is 14.7 Å². The first-order chi connectivity index (χ1) is 12.1. The lowest BCUT2D eigenvalue weighted by Gasteiger charge is -2.30. The van der Waals surface area contributed by atoms with Gasteiger partial charge in [-0.25, -0.2) is 0 Å². The maximum absolute atomic E-state index is 13.2. The molecule has 0 aromatic carbocycles. The summed E-state index contributed by atoms with van der Waals surface area (Å²) >= 11 is 0. The lowest BCUT2D eigenvalue weighted by Crippen LogP contribution is -2.17. The summed E-state index contributed by atoms with van der Waals surface area (Å²) in [5.74, 6) is 0. The molecule has 0 amide bonds. The predicted molar refractivity (Wildman–Crippen MR) is 115 cm³/mol. The normalized spacial score (nSPS) is 21.4. The first kappa shape index (κ1) is 26.4. The lowest BCUT2D eigenvalue weighted by molar-refractivity contribution is 0.255. The van der Waals surface area contributed by atoms with Gasteiger partial charge in [-0.05, 0) is 38.5 Å². The Bertz CT molecular complexity index is 397. The molecule has 0 saturated heterocycles. The van der Waals surface area contributed by atoms with Gasteiger partial charge in [0.2, 0.25) is 14.7 Å². The topological polar surface area (TPSA) is 52.6 Å². The zero-order valence-electron chi connectivity index (χ0n) is 18.5. The van der Waals surface area contributed by atoms with Gasteiger partial charge in [0.05, 0.1) is 13.2 Å². The zero-order valence-corrected chi connectivity index (χ0v) is 20.3. The van der Waals surface area contributed by atoms with Crippen molar-refractivity contribution in [3.63, 3.8) is 0 Å². The first-order valence-corrected chi connectivity index (χ1v) is 14.1. The van der Waals surface area contributed by atoms with E-state index in [9.17, 15) is 9.13 Å². The van der Waals surface area contributed by atoms with Crippen LogP contribution in [0.3, 0.4) is 0 Å². The van der Waals surface area contributed by atoms with Gasteiger partial charge in [0, 0.05) is 22.6 Å². The fourth-order valence-electron chi connectivity index (χ4n) is 3.01. The summed E-state index contributed by atoms with van der Waals surface area (Å²) in [5, 5.41) is 0. The second-order valence-corrected chi connectivity index (χ2v) is 14.3. The van der Waals surface area contributed by atoms with Crippen molar-refractivity contribution in [2.24, 2.45) is 0 Å². The maximum Gasteiger partial charge on any atom is 0.208 e. The molecule has 0 aromatic heterocycles. The van der Waals surface area contributed by atoms with E-state index in [1.165, 1.54) is 0 Å². The van der Waals surface area contributed by atoms with Crippen molar-refractivity contribution in [1.29, 1.82) is 0 Å². The Hall–Kier alpha value is 0.380. The highest BCUT2D eigenvalue weighted by atomic mass is 31.2. The molecule has 0 spiro atoms. The lowest BCUT2D eigenvalue weighted by atomic mass is 10.3. The minimum absolute atomic E-state index is 0.102. The smallest absolute Gasteiger partial charge is 0.208 e. The molecular weight excluding hydrogens is 366 g/mol. The Kier molecular flexibility index (Phi) is 12.9. The van der Waals surface area contributed by atoms with E-state index >= 15 is 0 Å². The van der Waals surface area contributed by atoms with Gasteiger partial charge < -0.3 is 9.05 Å². The van der Waals surface area contributed by atoms with Crippen LogP contribution in [0.25, 0.3) is 0 Å². The van der Waals surface area contributed by atoms with Crippen LogP contribution < -0.4 is 0 Å². The van der Waals surface area contributed by atoms with E-state index in [4.69, 9.17) is 9.05 Å². The number of hydrogen-bond donors (Lipinski definition) is 0. The van der Waals surface area contributed by atoms with Crippen molar-refractivity contribution in [3.8, 4) is 0 Å².